The van der Waals surface area contributed by atoms with Crippen molar-refractivity contribution in [2.75, 3.05) is 6.67 Å². The van der Waals surface area contributed by atoms with E-state index in [1.807, 2.05) is 0 Å². The van der Waals surface area contributed by atoms with E-state index in [1.54, 1.807) is 0 Å². The predicted octanol–water partition coefficient (Wildman–Crippen LogP) is -1.20. The van der Waals surface area contributed by atoms with Crippen molar-refractivity contribution in [3.63, 3.8) is 0 Å². The van der Waals surface area contributed by atoms with Crippen LogP contribution in [0.1, 0.15) is 0 Å². The van der Waals surface area contributed by atoms with Gasteiger partial charge in [0.15, 0.2) is 11.7 Å². The predicted molar refractivity (Wildman–Crippen MR) is 29.1 cm³/mol. The molecule has 3 N–H and O–H groups in total. The fourth-order valence-corrected chi connectivity index (χ4v) is 0.529. The van der Waals surface area contributed by atoms with Crippen LogP contribution in [0.25, 0.3) is 0 Å². The highest BCUT2D eigenvalue weighted by molar-refractivity contribution is 4.96. The molecule has 0 aromatic carbocycles. The van der Waals surface area contributed by atoms with Crippen molar-refractivity contribution in [3.05, 3.63) is 22.1 Å². The van der Waals surface area contributed by atoms with Gasteiger partial charge in [0.2, 0.25) is 0 Å². The van der Waals surface area contributed by atoms with Crippen LogP contribution >= 0.6 is 0 Å². The molecule has 1 heterocycles. The maximum absolute atomic E-state index is 9.94. The van der Waals surface area contributed by atoms with Gasteiger partial charge in [-0.05, 0) is 0 Å². The number of nitro groups is 1. The molecule has 0 aromatic rings. The molecule has 1 aliphatic heterocycles. The lowest BCUT2D eigenvalue weighted by Crippen LogP contribution is -2.27. The molecule has 1 aliphatic rings. The van der Waals surface area contributed by atoms with Crippen LogP contribution < -0.4 is 11.1 Å². The van der Waals surface area contributed by atoms with Gasteiger partial charge >= 0.3 is 0 Å². The molecule has 0 atom stereocenters. The van der Waals surface area contributed by atoms with E-state index < -0.39 is 5.03 Å². The summed E-state index contributed by atoms with van der Waals surface area (Å²) in [6.45, 7) is 0.152. The van der Waals surface area contributed by atoms with Crippen LogP contribution in [0, 0.1) is 10.1 Å². The summed E-state index contributed by atoms with van der Waals surface area (Å²) in [5.74, 6) is 0.326. The maximum Gasteiger partial charge on any atom is 0.166 e. The molecule has 0 spiro atoms. The minimum absolute atomic E-state index is 0.152. The van der Waals surface area contributed by atoms with Gasteiger partial charge < -0.3 is 11.1 Å². The average Bonchev–Trinajstić information content (AvgIpc) is 2.14. The smallest absolute Gasteiger partial charge is 0.166 e. The van der Waals surface area contributed by atoms with Gasteiger partial charge in [-0.1, -0.05) is 5.01 Å². The van der Waals surface area contributed by atoms with Crippen LogP contribution in [0.4, 0.5) is 0 Å². The first kappa shape index (κ1) is 5.67. The van der Waals surface area contributed by atoms with E-state index in [9.17, 15) is 10.1 Å². The van der Waals surface area contributed by atoms with E-state index in [1.165, 1.54) is 6.20 Å². The summed E-state index contributed by atoms with van der Waals surface area (Å²) in [6.07, 6.45) is 1.24. The Bertz CT molecular complexity index is 165. The molecule has 0 radical (unpaired) electrons. The lowest BCUT2D eigenvalue weighted by atomic mass is 10.8. The molecule has 0 aromatic heterocycles. The second kappa shape index (κ2) is 1.81. The monoisotopic (exact) mass is 130 g/mol. The van der Waals surface area contributed by atoms with Crippen LogP contribution in [0.2, 0.25) is 0 Å². The highest BCUT2D eigenvalue weighted by Gasteiger charge is 2.16. The molecule has 6 nitrogen and oxygen atoms in total. The Hall–Kier alpha value is -1.46. The SMILES string of the molecule is NC1=CN([N+](=O)[O-])CN1. The summed E-state index contributed by atoms with van der Waals surface area (Å²) in [7, 11) is 0. The van der Waals surface area contributed by atoms with Crippen molar-refractivity contribution < 1.29 is 5.03 Å². The molecule has 0 amide bonds. The van der Waals surface area contributed by atoms with Gasteiger partial charge in [-0.2, -0.15) is 0 Å². The number of nitrogens with two attached hydrogens (primary N) is 1. The third-order valence-corrected chi connectivity index (χ3v) is 0.943. The zero-order valence-electron chi connectivity index (χ0n) is 4.57. The first-order valence-corrected chi connectivity index (χ1v) is 2.32. The standard InChI is InChI=1S/C3H6N4O2/c4-3-1-6(2-5-3)7(8)9/h1,5H,2,4H2. The summed E-state index contributed by atoms with van der Waals surface area (Å²) in [5.41, 5.74) is 5.17. The molecule has 0 saturated heterocycles. The van der Waals surface area contributed by atoms with Crippen LogP contribution in [0.3, 0.4) is 0 Å². The first-order valence-electron chi connectivity index (χ1n) is 2.32. The molecule has 1 rings (SSSR count). The lowest BCUT2D eigenvalue weighted by molar-refractivity contribution is -0.638. The van der Waals surface area contributed by atoms with E-state index in [2.05, 4.69) is 5.32 Å². The number of nitrogens with one attached hydrogen (secondary N) is 1. The summed E-state index contributed by atoms with van der Waals surface area (Å²) in [4.78, 5) is 9.94. The normalized spacial score (nSPS) is 16.9. The molecular formula is C3H6N4O2. The zero-order valence-corrected chi connectivity index (χ0v) is 4.57. The van der Waals surface area contributed by atoms with Gasteiger partial charge in [0.1, 0.15) is 12.0 Å². The van der Waals surface area contributed by atoms with Gasteiger partial charge in [0.05, 0.1) is 0 Å². The van der Waals surface area contributed by atoms with Gasteiger partial charge in [-0.25, -0.2) is 10.1 Å². The van der Waals surface area contributed by atoms with Crippen LogP contribution in [-0.2, 0) is 0 Å². The number of hydrogen-bond donors (Lipinski definition) is 2. The van der Waals surface area contributed by atoms with E-state index in [0.29, 0.717) is 5.82 Å². The fourth-order valence-electron chi connectivity index (χ4n) is 0.529. The highest BCUT2D eigenvalue weighted by Crippen LogP contribution is 1.96. The van der Waals surface area contributed by atoms with E-state index >= 15 is 0 Å². The summed E-state index contributed by atoms with van der Waals surface area (Å²) in [6, 6.07) is 0. The Labute approximate surface area is 51.0 Å². The molecule has 0 bridgehead atoms. The largest absolute Gasteiger partial charge is 0.384 e. The van der Waals surface area contributed by atoms with Gasteiger partial charge in [-0.3, -0.25) is 0 Å². The number of rotatable bonds is 1. The van der Waals surface area contributed by atoms with Crippen molar-refractivity contribution in [1.82, 2.24) is 10.3 Å². The molecular weight excluding hydrogens is 124 g/mol. The van der Waals surface area contributed by atoms with Crippen molar-refractivity contribution in [2.24, 2.45) is 5.73 Å². The zero-order chi connectivity index (χ0) is 6.85. The van der Waals surface area contributed by atoms with Crippen molar-refractivity contribution in [1.29, 1.82) is 0 Å². The Kier molecular flexibility index (Phi) is 1.14. The lowest BCUT2D eigenvalue weighted by Gasteiger charge is -1.99. The van der Waals surface area contributed by atoms with E-state index in [0.717, 1.165) is 5.01 Å². The van der Waals surface area contributed by atoms with Crippen LogP contribution in [0.15, 0.2) is 12.0 Å². The molecule has 50 valence electrons. The third-order valence-electron chi connectivity index (χ3n) is 0.943. The molecule has 0 fully saturated rings. The highest BCUT2D eigenvalue weighted by atomic mass is 16.7. The van der Waals surface area contributed by atoms with Gasteiger partial charge in [-0.15, -0.1) is 0 Å². The van der Waals surface area contributed by atoms with Crippen molar-refractivity contribution in [2.45, 2.75) is 0 Å². The molecule has 9 heavy (non-hydrogen) atoms. The fraction of sp³-hybridized carbons (Fsp3) is 0.333. The topological polar surface area (TPSA) is 84.4 Å². The van der Waals surface area contributed by atoms with Gasteiger partial charge in [0, 0.05) is 0 Å². The Balaban J connectivity index is 2.57. The van der Waals surface area contributed by atoms with E-state index in [4.69, 9.17) is 5.73 Å². The van der Waals surface area contributed by atoms with E-state index in [-0.39, 0.29) is 6.67 Å². The minimum Gasteiger partial charge on any atom is -0.384 e. The second-order valence-corrected chi connectivity index (χ2v) is 1.60. The number of hydrogen-bond acceptors (Lipinski definition) is 4. The number of nitrogens with zero attached hydrogens (tertiary/aromatic N) is 2. The number of hydrazine groups is 1. The summed E-state index contributed by atoms with van der Waals surface area (Å²) >= 11 is 0. The summed E-state index contributed by atoms with van der Waals surface area (Å²) in [5, 5.41) is 12.8. The maximum atomic E-state index is 9.94. The van der Waals surface area contributed by atoms with Gasteiger partial charge in [0.25, 0.3) is 0 Å². The average molecular weight is 130 g/mol. The minimum atomic E-state index is -0.535. The molecule has 0 unspecified atom stereocenters. The molecule has 6 heteroatoms. The third kappa shape index (κ3) is 1.01. The summed E-state index contributed by atoms with van der Waals surface area (Å²) < 4.78 is 0. The first-order chi connectivity index (χ1) is 4.20. The Morgan fingerprint density at radius 1 is 2.00 bits per heavy atom. The second-order valence-electron chi connectivity index (χ2n) is 1.60. The Morgan fingerprint density at radius 3 is 2.89 bits per heavy atom. The van der Waals surface area contributed by atoms with Crippen LogP contribution in [0.5, 0.6) is 0 Å². The quantitative estimate of drug-likeness (QED) is 0.344. The molecule has 0 aliphatic carbocycles. The Morgan fingerprint density at radius 2 is 2.67 bits per heavy atom. The van der Waals surface area contributed by atoms with Crippen molar-refractivity contribution >= 4 is 0 Å². The van der Waals surface area contributed by atoms with Crippen LogP contribution in [-0.4, -0.2) is 16.7 Å². The van der Waals surface area contributed by atoms with Crippen molar-refractivity contribution in [3.8, 4) is 0 Å². The molecule has 0 saturated carbocycles.